The van der Waals surface area contributed by atoms with E-state index in [-0.39, 0.29) is 19.9 Å². The smallest absolute Gasteiger partial charge is 0.383 e. The summed E-state index contributed by atoms with van der Waals surface area (Å²) in [5.41, 5.74) is 0. The van der Waals surface area contributed by atoms with Gasteiger partial charge in [0.05, 0.1) is 6.61 Å². The fraction of sp³-hybridized carbons (Fsp3) is 0.455. The normalized spacial score (nSPS) is 12.9. The van der Waals surface area contributed by atoms with Crippen LogP contribution in [0.4, 0.5) is 17.6 Å². The summed E-state index contributed by atoms with van der Waals surface area (Å²) in [6.45, 7) is -2.38. The first kappa shape index (κ1) is 19.8. The van der Waals surface area contributed by atoms with E-state index in [1.807, 2.05) is 0 Å². The maximum atomic E-state index is 13.2. The van der Waals surface area contributed by atoms with Crippen LogP contribution in [0.3, 0.4) is 0 Å². The molecule has 0 aromatic heterocycles. The molecule has 0 saturated carbocycles. The molecular weight excluding hydrogens is 462 g/mol. The van der Waals surface area contributed by atoms with Crippen LogP contribution < -0.4 is 0 Å². The van der Waals surface area contributed by atoms with E-state index in [1.54, 1.807) is 0 Å². The SMILES string of the molecule is COCCN(CC(F)(F)F)S(=O)(=O)c1c(Br)cc(F)cc1Br. The molecule has 0 radical (unpaired) electrons. The maximum absolute atomic E-state index is 13.2. The van der Waals surface area contributed by atoms with Gasteiger partial charge in [-0.05, 0) is 44.0 Å². The van der Waals surface area contributed by atoms with Gasteiger partial charge in [-0.15, -0.1) is 0 Å². The summed E-state index contributed by atoms with van der Waals surface area (Å²) < 4.78 is 80.5. The molecule has 0 aliphatic rings. The molecule has 1 rings (SSSR count). The number of benzene rings is 1. The predicted octanol–water partition coefficient (Wildman–Crippen LogP) is 3.55. The Morgan fingerprint density at radius 2 is 1.73 bits per heavy atom. The molecule has 1 aromatic carbocycles. The minimum atomic E-state index is -4.72. The number of halogens is 6. The molecule has 0 heterocycles. The van der Waals surface area contributed by atoms with Crippen LogP contribution in [0, 0.1) is 5.82 Å². The van der Waals surface area contributed by atoms with E-state index in [9.17, 15) is 26.0 Å². The third kappa shape index (κ3) is 5.15. The standard InChI is InChI=1S/C11H11Br2F4NO3S/c1-21-3-2-18(6-11(15,16)17)22(19,20)10-8(12)4-7(14)5-9(10)13/h4-5H,2-3,6H2,1H3. The monoisotopic (exact) mass is 471 g/mol. The van der Waals surface area contributed by atoms with Crippen molar-refractivity contribution in [3.63, 3.8) is 0 Å². The largest absolute Gasteiger partial charge is 0.402 e. The first-order chi connectivity index (χ1) is 9.99. The van der Waals surface area contributed by atoms with E-state index in [4.69, 9.17) is 0 Å². The Labute approximate surface area is 141 Å². The molecule has 0 aliphatic heterocycles. The van der Waals surface area contributed by atoms with Crippen molar-refractivity contribution in [1.82, 2.24) is 4.31 Å². The van der Waals surface area contributed by atoms with Crippen LogP contribution in [-0.4, -0.2) is 45.7 Å². The van der Waals surface area contributed by atoms with Gasteiger partial charge in [0.1, 0.15) is 17.3 Å². The van der Waals surface area contributed by atoms with Crippen molar-refractivity contribution >= 4 is 41.9 Å². The van der Waals surface area contributed by atoms with E-state index in [0.29, 0.717) is 0 Å². The number of nitrogens with zero attached hydrogens (tertiary/aromatic N) is 1. The lowest BCUT2D eigenvalue weighted by Crippen LogP contribution is -2.41. The lowest BCUT2D eigenvalue weighted by atomic mass is 10.3. The first-order valence-electron chi connectivity index (χ1n) is 5.69. The number of hydrogen-bond donors (Lipinski definition) is 0. The van der Waals surface area contributed by atoms with Gasteiger partial charge in [-0.1, -0.05) is 0 Å². The van der Waals surface area contributed by atoms with E-state index >= 15 is 0 Å². The molecule has 0 amide bonds. The average Bonchev–Trinajstić information content (AvgIpc) is 2.31. The fourth-order valence-corrected chi connectivity index (χ4v) is 5.44. The van der Waals surface area contributed by atoms with Crippen LogP contribution in [0.2, 0.25) is 0 Å². The molecule has 22 heavy (non-hydrogen) atoms. The predicted molar refractivity (Wildman–Crippen MR) is 78.5 cm³/mol. The second-order valence-electron chi connectivity index (χ2n) is 4.15. The number of ether oxygens (including phenoxy) is 1. The summed E-state index contributed by atoms with van der Waals surface area (Å²) in [7, 11) is -3.27. The van der Waals surface area contributed by atoms with Crippen molar-refractivity contribution in [2.75, 3.05) is 26.8 Å². The highest BCUT2D eigenvalue weighted by Gasteiger charge is 2.38. The van der Waals surface area contributed by atoms with Crippen LogP contribution in [0.5, 0.6) is 0 Å². The van der Waals surface area contributed by atoms with Crippen molar-refractivity contribution in [2.24, 2.45) is 0 Å². The molecule has 1 aromatic rings. The summed E-state index contributed by atoms with van der Waals surface area (Å²) >= 11 is 5.72. The summed E-state index contributed by atoms with van der Waals surface area (Å²) in [6.07, 6.45) is -4.72. The number of methoxy groups -OCH3 is 1. The zero-order valence-corrected chi connectivity index (χ0v) is 15.1. The minimum Gasteiger partial charge on any atom is -0.383 e. The van der Waals surface area contributed by atoms with Crippen molar-refractivity contribution < 1.29 is 30.7 Å². The summed E-state index contributed by atoms with van der Waals surface area (Å²) in [5.74, 6) is -0.739. The highest BCUT2D eigenvalue weighted by molar-refractivity contribution is 9.11. The second-order valence-corrected chi connectivity index (χ2v) is 7.73. The third-order valence-corrected chi connectivity index (χ3v) is 6.18. The zero-order valence-electron chi connectivity index (χ0n) is 11.1. The molecule has 0 N–H and O–H groups in total. The van der Waals surface area contributed by atoms with E-state index in [2.05, 4.69) is 36.6 Å². The van der Waals surface area contributed by atoms with Gasteiger partial charge >= 0.3 is 6.18 Å². The Hall–Kier alpha value is -0.230. The van der Waals surface area contributed by atoms with Crippen LogP contribution in [0.25, 0.3) is 0 Å². The van der Waals surface area contributed by atoms with Crippen LogP contribution >= 0.6 is 31.9 Å². The molecule has 0 saturated heterocycles. The Morgan fingerprint density at radius 1 is 1.23 bits per heavy atom. The number of hydrogen-bond acceptors (Lipinski definition) is 3. The molecule has 4 nitrogen and oxygen atoms in total. The fourth-order valence-electron chi connectivity index (χ4n) is 1.58. The quantitative estimate of drug-likeness (QED) is 0.595. The Kier molecular flexibility index (Phi) is 6.81. The topological polar surface area (TPSA) is 46.6 Å². The Balaban J connectivity index is 3.33. The van der Waals surface area contributed by atoms with E-state index < -0.39 is 40.0 Å². The van der Waals surface area contributed by atoms with Gasteiger partial charge in [-0.2, -0.15) is 17.5 Å². The highest BCUT2D eigenvalue weighted by Crippen LogP contribution is 2.34. The Bertz CT molecular complexity index is 614. The molecule has 0 fully saturated rings. The van der Waals surface area contributed by atoms with Gasteiger partial charge in [-0.25, -0.2) is 12.8 Å². The molecule has 0 unspecified atom stereocenters. The summed E-state index contributed by atoms with van der Waals surface area (Å²) in [4.78, 5) is -0.478. The zero-order chi connectivity index (χ0) is 17.1. The summed E-state index contributed by atoms with van der Waals surface area (Å²) in [6, 6.07) is 1.72. The van der Waals surface area contributed by atoms with Crippen LogP contribution in [0.15, 0.2) is 26.0 Å². The molecule has 126 valence electrons. The molecular formula is C11H11Br2F4NO3S. The van der Waals surface area contributed by atoms with Crippen LogP contribution in [0.1, 0.15) is 0 Å². The third-order valence-electron chi connectivity index (χ3n) is 2.46. The van der Waals surface area contributed by atoms with E-state index in [0.717, 1.165) is 12.1 Å². The molecule has 0 spiro atoms. The summed E-state index contributed by atoms with van der Waals surface area (Å²) in [5, 5.41) is 0. The van der Waals surface area contributed by atoms with Crippen molar-refractivity contribution in [3.05, 3.63) is 26.9 Å². The lowest BCUT2D eigenvalue weighted by molar-refractivity contribution is -0.136. The molecule has 0 atom stereocenters. The van der Waals surface area contributed by atoms with Gasteiger partial charge < -0.3 is 4.74 Å². The highest BCUT2D eigenvalue weighted by atomic mass is 79.9. The van der Waals surface area contributed by atoms with Gasteiger partial charge in [0.15, 0.2) is 0 Å². The maximum Gasteiger partial charge on any atom is 0.402 e. The lowest BCUT2D eigenvalue weighted by Gasteiger charge is -2.24. The van der Waals surface area contributed by atoms with Gasteiger partial charge in [0.25, 0.3) is 0 Å². The second kappa shape index (κ2) is 7.56. The number of sulfonamides is 1. The molecule has 0 aliphatic carbocycles. The minimum absolute atomic E-state index is 0.177. The van der Waals surface area contributed by atoms with Crippen LogP contribution in [-0.2, 0) is 14.8 Å². The molecule has 0 bridgehead atoms. The number of rotatable bonds is 6. The van der Waals surface area contributed by atoms with Gasteiger partial charge in [0, 0.05) is 22.6 Å². The van der Waals surface area contributed by atoms with Crippen molar-refractivity contribution in [1.29, 1.82) is 0 Å². The van der Waals surface area contributed by atoms with Gasteiger partial charge in [-0.3, -0.25) is 0 Å². The van der Waals surface area contributed by atoms with Crippen molar-refractivity contribution in [2.45, 2.75) is 11.1 Å². The average molecular weight is 473 g/mol. The number of alkyl halides is 3. The van der Waals surface area contributed by atoms with E-state index in [1.165, 1.54) is 7.11 Å². The molecule has 11 heteroatoms. The van der Waals surface area contributed by atoms with Gasteiger partial charge in [0.2, 0.25) is 10.0 Å². The Morgan fingerprint density at radius 3 is 2.14 bits per heavy atom. The first-order valence-corrected chi connectivity index (χ1v) is 8.72. The van der Waals surface area contributed by atoms with Crippen molar-refractivity contribution in [3.8, 4) is 0 Å².